The van der Waals surface area contributed by atoms with E-state index in [4.69, 9.17) is 0 Å². The van der Waals surface area contributed by atoms with Crippen LogP contribution in [-0.4, -0.2) is 48.9 Å². The molecule has 2 aliphatic heterocycles. The highest BCUT2D eigenvalue weighted by molar-refractivity contribution is 5.74. The van der Waals surface area contributed by atoms with Crippen molar-refractivity contribution in [3.8, 4) is 0 Å². The molecule has 0 bridgehead atoms. The molecule has 0 saturated carbocycles. The average molecular weight is 168 g/mol. The fourth-order valence-electron chi connectivity index (χ4n) is 2.40. The maximum atomic E-state index is 11.0. The summed E-state index contributed by atoms with van der Waals surface area (Å²) in [6, 6.07) is 0. The highest BCUT2D eigenvalue weighted by atomic mass is 16.2. The summed E-state index contributed by atoms with van der Waals surface area (Å²) in [5.41, 5.74) is 0.473. The zero-order valence-electron chi connectivity index (χ0n) is 7.84. The van der Waals surface area contributed by atoms with E-state index in [-0.39, 0.29) is 5.91 Å². The molecule has 0 atom stereocenters. The molecule has 0 radical (unpaired) electrons. The van der Waals surface area contributed by atoms with Gasteiger partial charge in [-0.25, -0.2) is 0 Å². The zero-order chi connectivity index (χ0) is 8.77. The summed E-state index contributed by atoms with van der Waals surface area (Å²) in [5, 5.41) is 0. The van der Waals surface area contributed by atoms with Gasteiger partial charge in [0.1, 0.15) is 0 Å². The average Bonchev–Trinajstić information content (AvgIpc) is 2.27. The van der Waals surface area contributed by atoms with E-state index in [0.717, 1.165) is 13.1 Å². The molecule has 0 aliphatic carbocycles. The molecule has 12 heavy (non-hydrogen) atoms. The maximum Gasteiger partial charge on any atom is 0.219 e. The van der Waals surface area contributed by atoms with E-state index in [1.165, 1.54) is 19.5 Å². The van der Waals surface area contributed by atoms with Crippen LogP contribution < -0.4 is 0 Å². The molecule has 0 aromatic rings. The Labute approximate surface area is 73.3 Å². The molecule has 0 aromatic heterocycles. The van der Waals surface area contributed by atoms with Gasteiger partial charge in [0.25, 0.3) is 0 Å². The lowest BCUT2D eigenvalue weighted by Gasteiger charge is -2.47. The number of hydrogen-bond acceptors (Lipinski definition) is 2. The van der Waals surface area contributed by atoms with Crippen LogP contribution in [0.5, 0.6) is 0 Å². The first-order chi connectivity index (χ1) is 5.61. The second-order valence-electron chi connectivity index (χ2n) is 4.36. The highest BCUT2D eigenvalue weighted by Crippen LogP contribution is 2.38. The summed E-state index contributed by atoms with van der Waals surface area (Å²) in [6.07, 6.45) is 1.27. The number of likely N-dealkylation sites (tertiary alicyclic amines) is 2. The standard InChI is InChI=1S/C9H16N2O/c1-8(12)11-6-9(7-11)3-4-10(2)5-9/h3-7H2,1-2H3. The van der Waals surface area contributed by atoms with Crippen molar-refractivity contribution in [2.45, 2.75) is 13.3 Å². The van der Waals surface area contributed by atoms with Gasteiger partial charge in [-0.05, 0) is 20.0 Å². The molecule has 68 valence electrons. The summed E-state index contributed by atoms with van der Waals surface area (Å²) >= 11 is 0. The number of hydrogen-bond donors (Lipinski definition) is 0. The van der Waals surface area contributed by atoms with Gasteiger partial charge < -0.3 is 9.80 Å². The van der Waals surface area contributed by atoms with Gasteiger partial charge in [-0.3, -0.25) is 4.79 Å². The Balaban J connectivity index is 1.91. The topological polar surface area (TPSA) is 23.6 Å². The van der Waals surface area contributed by atoms with Gasteiger partial charge in [-0.1, -0.05) is 0 Å². The van der Waals surface area contributed by atoms with Crippen molar-refractivity contribution in [1.82, 2.24) is 9.80 Å². The molecular weight excluding hydrogens is 152 g/mol. The van der Waals surface area contributed by atoms with Crippen molar-refractivity contribution in [2.75, 3.05) is 33.2 Å². The van der Waals surface area contributed by atoms with E-state index in [9.17, 15) is 4.79 Å². The summed E-state index contributed by atoms with van der Waals surface area (Å²) in [6.45, 7) is 6.02. The van der Waals surface area contributed by atoms with Crippen LogP contribution >= 0.6 is 0 Å². The number of carbonyl (C=O) groups excluding carboxylic acids is 1. The molecule has 2 rings (SSSR count). The van der Waals surface area contributed by atoms with E-state index >= 15 is 0 Å². The molecule has 1 amide bonds. The smallest absolute Gasteiger partial charge is 0.219 e. The first-order valence-electron chi connectivity index (χ1n) is 4.55. The molecular formula is C9H16N2O. The first kappa shape index (κ1) is 8.05. The lowest BCUT2D eigenvalue weighted by Crippen LogP contribution is -2.58. The minimum Gasteiger partial charge on any atom is -0.342 e. The Hall–Kier alpha value is -0.570. The van der Waals surface area contributed by atoms with E-state index in [2.05, 4.69) is 11.9 Å². The molecule has 0 N–H and O–H groups in total. The largest absolute Gasteiger partial charge is 0.342 e. The lowest BCUT2D eigenvalue weighted by atomic mass is 9.79. The van der Waals surface area contributed by atoms with Gasteiger partial charge in [0.15, 0.2) is 0 Å². The molecule has 3 nitrogen and oxygen atoms in total. The van der Waals surface area contributed by atoms with Crippen molar-refractivity contribution < 1.29 is 4.79 Å². The normalized spacial score (nSPS) is 27.7. The minimum absolute atomic E-state index is 0.232. The number of nitrogens with zero attached hydrogens (tertiary/aromatic N) is 2. The summed E-state index contributed by atoms with van der Waals surface area (Å²) < 4.78 is 0. The predicted molar refractivity (Wildman–Crippen MR) is 46.8 cm³/mol. The van der Waals surface area contributed by atoms with Gasteiger partial charge in [0, 0.05) is 32.0 Å². The molecule has 2 heterocycles. The molecule has 1 spiro atoms. The molecule has 2 aliphatic rings. The van der Waals surface area contributed by atoms with Gasteiger partial charge in [-0.2, -0.15) is 0 Å². The van der Waals surface area contributed by atoms with Gasteiger partial charge >= 0.3 is 0 Å². The number of rotatable bonds is 0. The second kappa shape index (κ2) is 2.46. The van der Waals surface area contributed by atoms with E-state index in [1.54, 1.807) is 6.92 Å². The molecule has 0 aromatic carbocycles. The van der Waals surface area contributed by atoms with Crippen LogP contribution in [0.4, 0.5) is 0 Å². The number of carbonyl (C=O) groups is 1. The van der Waals surface area contributed by atoms with Crippen LogP contribution in [-0.2, 0) is 4.79 Å². The lowest BCUT2D eigenvalue weighted by molar-refractivity contribution is -0.140. The van der Waals surface area contributed by atoms with Crippen LogP contribution in [0.2, 0.25) is 0 Å². The quantitative estimate of drug-likeness (QED) is 0.515. The molecule has 2 saturated heterocycles. The van der Waals surface area contributed by atoms with Gasteiger partial charge in [0.05, 0.1) is 0 Å². The van der Waals surface area contributed by atoms with E-state index in [1.807, 2.05) is 4.90 Å². The minimum atomic E-state index is 0.232. The third-order valence-corrected chi connectivity index (χ3v) is 3.13. The van der Waals surface area contributed by atoms with Crippen LogP contribution in [0.15, 0.2) is 0 Å². The zero-order valence-corrected chi connectivity index (χ0v) is 7.84. The van der Waals surface area contributed by atoms with Crippen molar-refractivity contribution >= 4 is 5.91 Å². The fraction of sp³-hybridized carbons (Fsp3) is 0.889. The summed E-state index contributed by atoms with van der Waals surface area (Å²) in [7, 11) is 2.16. The van der Waals surface area contributed by atoms with Crippen LogP contribution in [0, 0.1) is 5.41 Å². The first-order valence-corrected chi connectivity index (χ1v) is 4.55. The Kier molecular flexibility index (Phi) is 1.65. The van der Waals surface area contributed by atoms with Crippen LogP contribution in [0.3, 0.4) is 0 Å². The Morgan fingerprint density at radius 3 is 2.42 bits per heavy atom. The van der Waals surface area contributed by atoms with E-state index in [0.29, 0.717) is 5.41 Å². The van der Waals surface area contributed by atoms with Crippen molar-refractivity contribution in [3.63, 3.8) is 0 Å². The van der Waals surface area contributed by atoms with Crippen molar-refractivity contribution in [3.05, 3.63) is 0 Å². The number of amides is 1. The maximum absolute atomic E-state index is 11.0. The molecule has 3 heteroatoms. The van der Waals surface area contributed by atoms with Crippen LogP contribution in [0.25, 0.3) is 0 Å². The fourth-order valence-corrected chi connectivity index (χ4v) is 2.40. The molecule has 2 fully saturated rings. The predicted octanol–water partition coefficient (Wildman–Crippen LogP) is 0.170. The SMILES string of the molecule is CC(=O)N1CC2(CCN(C)C2)C1. The van der Waals surface area contributed by atoms with E-state index < -0.39 is 0 Å². The Morgan fingerprint density at radius 2 is 2.00 bits per heavy atom. The van der Waals surface area contributed by atoms with Crippen molar-refractivity contribution in [2.24, 2.45) is 5.41 Å². The third kappa shape index (κ3) is 1.12. The highest BCUT2D eigenvalue weighted by Gasteiger charge is 2.47. The molecule has 0 unspecified atom stereocenters. The van der Waals surface area contributed by atoms with Crippen molar-refractivity contribution in [1.29, 1.82) is 0 Å². The van der Waals surface area contributed by atoms with Gasteiger partial charge in [0.2, 0.25) is 5.91 Å². The van der Waals surface area contributed by atoms with Gasteiger partial charge in [-0.15, -0.1) is 0 Å². The summed E-state index contributed by atoms with van der Waals surface area (Å²) in [4.78, 5) is 15.3. The Bertz CT molecular complexity index is 209. The van der Waals surface area contributed by atoms with Crippen LogP contribution in [0.1, 0.15) is 13.3 Å². The monoisotopic (exact) mass is 168 g/mol. The second-order valence-corrected chi connectivity index (χ2v) is 4.36. The third-order valence-electron chi connectivity index (χ3n) is 3.13. The summed E-state index contributed by atoms with van der Waals surface area (Å²) in [5.74, 6) is 0.232. The Morgan fingerprint density at radius 1 is 1.33 bits per heavy atom.